The SMILES string of the molecule is CN(C(=O)O)[C@H](C(=O)N[C@@H](Cc1ccccc1)[C@@H](O)C[C@H](Cc1ccccc1)NC(=O)C(N1CCN(Cc2cccc(C(C)(C)O)n2)C1=O)C(C)(C)C)C(C)(C)C. The molecule has 57 heavy (non-hydrogen) atoms. The van der Waals surface area contributed by atoms with Crippen molar-refractivity contribution in [3.8, 4) is 0 Å². The van der Waals surface area contributed by atoms with Gasteiger partial charge in [-0.25, -0.2) is 9.59 Å². The van der Waals surface area contributed by atoms with Gasteiger partial charge in [-0.15, -0.1) is 0 Å². The van der Waals surface area contributed by atoms with Gasteiger partial charge in [0.25, 0.3) is 0 Å². The number of carbonyl (C=O) groups is 4. The molecule has 5 atom stereocenters. The number of pyridine rings is 1. The van der Waals surface area contributed by atoms with E-state index in [1.165, 1.54) is 7.05 Å². The lowest BCUT2D eigenvalue weighted by Gasteiger charge is -2.38. The summed E-state index contributed by atoms with van der Waals surface area (Å²) in [7, 11) is 1.36. The normalized spacial score (nSPS) is 16.4. The van der Waals surface area contributed by atoms with E-state index in [0.717, 1.165) is 16.0 Å². The molecule has 1 saturated heterocycles. The molecular weight excluding hydrogens is 725 g/mol. The Labute approximate surface area is 337 Å². The van der Waals surface area contributed by atoms with Crippen LogP contribution in [-0.2, 0) is 34.6 Å². The lowest BCUT2D eigenvalue weighted by atomic mass is 9.84. The minimum absolute atomic E-state index is 0.0491. The summed E-state index contributed by atoms with van der Waals surface area (Å²) < 4.78 is 0. The molecule has 1 unspecified atom stereocenters. The quantitative estimate of drug-likeness (QED) is 0.132. The number of amides is 5. The molecule has 2 aromatic carbocycles. The van der Waals surface area contributed by atoms with Crippen LogP contribution in [0.15, 0.2) is 78.9 Å². The number of aromatic nitrogens is 1. The molecule has 2 heterocycles. The van der Waals surface area contributed by atoms with Crippen molar-refractivity contribution in [1.29, 1.82) is 0 Å². The first-order chi connectivity index (χ1) is 26.6. The van der Waals surface area contributed by atoms with E-state index >= 15 is 0 Å². The van der Waals surface area contributed by atoms with Crippen molar-refractivity contribution in [2.75, 3.05) is 20.1 Å². The number of hydrogen-bond donors (Lipinski definition) is 5. The summed E-state index contributed by atoms with van der Waals surface area (Å²) in [5.74, 6) is -0.907. The van der Waals surface area contributed by atoms with Crippen LogP contribution in [0.5, 0.6) is 0 Å². The van der Waals surface area contributed by atoms with Gasteiger partial charge in [0.15, 0.2) is 0 Å². The molecule has 0 spiro atoms. The van der Waals surface area contributed by atoms with Crippen LogP contribution in [0.25, 0.3) is 0 Å². The fraction of sp³-hybridized carbons (Fsp3) is 0.523. The van der Waals surface area contributed by atoms with E-state index in [-0.39, 0.29) is 31.3 Å². The molecule has 310 valence electrons. The molecule has 1 aliphatic rings. The van der Waals surface area contributed by atoms with Crippen LogP contribution in [0.2, 0.25) is 0 Å². The Bertz CT molecular complexity index is 1820. The van der Waals surface area contributed by atoms with Gasteiger partial charge in [0.1, 0.15) is 17.7 Å². The predicted octanol–water partition coefficient (Wildman–Crippen LogP) is 5.19. The van der Waals surface area contributed by atoms with Crippen LogP contribution in [0, 0.1) is 10.8 Å². The molecule has 0 bridgehead atoms. The van der Waals surface area contributed by atoms with E-state index in [0.29, 0.717) is 30.9 Å². The Morgan fingerprint density at radius 3 is 1.89 bits per heavy atom. The summed E-state index contributed by atoms with van der Waals surface area (Å²) in [4.78, 5) is 63.3. The van der Waals surface area contributed by atoms with E-state index in [1.54, 1.807) is 62.6 Å². The number of aliphatic hydroxyl groups excluding tert-OH is 1. The Kier molecular flexibility index (Phi) is 14.5. The van der Waals surface area contributed by atoms with Gasteiger partial charge in [0.05, 0.1) is 30.1 Å². The van der Waals surface area contributed by atoms with Crippen molar-refractivity contribution >= 4 is 23.9 Å². The number of benzene rings is 2. The van der Waals surface area contributed by atoms with E-state index in [1.807, 2.05) is 81.4 Å². The van der Waals surface area contributed by atoms with Crippen LogP contribution in [0.1, 0.15) is 84.3 Å². The minimum Gasteiger partial charge on any atom is -0.465 e. The standard InChI is InChI=1S/C44H62N6O7/c1-42(2,3)36(48(9)41(55)56)38(52)47-33(26-30-19-14-11-15-20-30)34(51)27-32(25-29-17-12-10-13-18-29)46-39(53)37(43(4,5)6)50-24-23-49(40(50)54)28-31-21-16-22-35(45-31)44(7,8)57/h10-22,32-34,36-37,51,57H,23-28H2,1-9H3,(H,46,53)(H,47,52)(H,55,56)/t32-,33-,34-,36+,37?/m0/s1. The number of likely N-dealkylation sites (N-methyl/N-ethyl adjacent to an activating group) is 1. The maximum absolute atomic E-state index is 14.5. The van der Waals surface area contributed by atoms with Gasteiger partial charge < -0.3 is 35.8 Å². The minimum atomic E-state index is -1.25. The van der Waals surface area contributed by atoms with Gasteiger partial charge in [-0.2, -0.15) is 0 Å². The van der Waals surface area contributed by atoms with Crippen LogP contribution in [-0.4, -0.2) is 109 Å². The Morgan fingerprint density at radius 2 is 1.37 bits per heavy atom. The number of rotatable bonds is 16. The smallest absolute Gasteiger partial charge is 0.407 e. The first-order valence-electron chi connectivity index (χ1n) is 19.6. The van der Waals surface area contributed by atoms with Crippen LogP contribution in [0.4, 0.5) is 9.59 Å². The van der Waals surface area contributed by atoms with Gasteiger partial charge in [-0.1, -0.05) is 108 Å². The van der Waals surface area contributed by atoms with Gasteiger partial charge in [0.2, 0.25) is 11.8 Å². The number of hydrogen-bond acceptors (Lipinski definition) is 7. The van der Waals surface area contributed by atoms with Crippen LogP contribution in [0.3, 0.4) is 0 Å². The molecular formula is C44H62N6O7. The first-order valence-corrected chi connectivity index (χ1v) is 19.6. The van der Waals surface area contributed by atoms with Gasteiger partial charge in [0, 0.05) is 26.2 Å². The van der Waals surface area contributed by atoms with E-state index in [9.17, 15) is 34.5 Å². The molecule has 1 aliphatic heterocycles. The highest BCUT2D eigenvalue weighted by Gasteiger charge is 2.44. The lowest BCUT2D eigenvalue weighted by Crippen LogP contribution is -2.59. The number of nitrogens with one attached hydrogen (secondary N) is 2. The third-order valence-corrected chi connectivity index (χ3v) is 10.3. The Hall–Kier alpha value is -5.01. The molecule has 0 radical (unpaired) electrons. The zero-order valence-corrected chi connectivity index (χ0v) is 34.9. The maximum atomic E-state index is 14.5. The van der Waals surface area contributed by atoms with E-state index in [2.05, 4.69) is 15.6 Å². The van der Waals surface area contributed by atoms with Gasteiger partial charge in [-0.05, 0) is 67.2 Å². The van der Waals surface area contributed by atoms with E-state index < -0.39 is 58.7 Å². The summed E-state index contributed by atoms with van der Waals surface area (Å²) in [5, 5.41) is 38.5. The fourth-order valence-electron chi connectivity index (χ4n) is 7.60. The van der Waals surface area contributed by atoms with Gasteiger partial charge in [-0.3, -0.25) is 19.5 Å². The lowest BCUT2D eigenvalue weighted by molar-refractivity contribution is -0.131. The largest absolute Gasteiger partial charge is 0.465 e. The van der Waals surface area contributed by atoms with Crippen molar-refractivity contribution in [3.63, 3.8) is 0 Å². The van der Waals surface area contributed by atoms with E-state index in [4.69, 9.17) is 0 Å². The van der Waals surface area contributed by atoms with Crippen LogP contribution >= 0.6 is 0 Å². The number of urea groups is 1. The number of carbonyl (C=O) groups excluding carboxylic acids is 3. The molecule has 0 saturated carbocycles. The Morgan fingerprint density at radius 1 is 0.789 bits per heavy atom. The predicted molar refractivity (Wildman–Crippen MR) is 219 cm³/mol. The third kappa shape index (κ3) is 12.2. The van der Waals surface area contributed by atoms with Crippen molar-refractivity contribution in [1.82, 2.24) is 30.3 Å². The summed E-state index contributed by atoms with van der Waals surface area (Å²) in [6, 6.07) is 20.7. The molecule has 1 fully saturated rings. The summed E-state index contributed by atoms with van der Waals surface area (Å²) in [6.07, 6.45) is -1.75. The second-order valence-corrected chi connectivity index (χ2v) is 17.9. The molecule has 1 aromatic heterocycles. The molecule has 13 nitrogen and oxygen atoms in total. The number of nitrogens with zero attached hydrogens (tertiary/aromatic N) is 4. The highest BCUT2D eigenvalue weighted by molar-refractivity contribution is 5.89. The van der Waals surface area contributed by atoms with Crippen molar-refractivity contribution in [2.24, 2.45) is 10.8 Å². The highest BCUT2D eigenvalue weighted by Crippen LogP contribution is 2.30. The van der Waals surface area contributed by atoms with Gasteiger partial charge >= 0.3 is 12.1 Å². The first kappa shape index (κ1) is 44.7. The third-order valence-electron chi connectivity index (χ3n) is 10.3. The second-order valence-electron chi connectivity index (χ2n) is 17.9. The topological polar surface area (TPSA) is 176 Å². The summed E-state index contributed by atoms with van der Waals surface area (Å²) in [5.41, 5.74) is 0.322. The van der Waals surface area contributed by atoms with Crippen molar-refractivity contribution < 1.29 is 34.5 Å². The van der Waals surface area contributed by atoms with Crippen molar-refractivity contribution in [2.45, 2.75) is 117 Å². The second kappa shape index (κ2) is 18.5. The molecule has 13 heteroatoms. The van der Waals surface area contributed by atoms with Crippen LogP contribution < -0.4 is 10.6 Å². The Balaban J connectivity index is 1.61. The summed E-state index contributed by atoms with van der Waals surface area (Å²) >= 11 is 0. The van der Waals surface area contributed by atoms with Crippen molar-refractivity contribution in [3.05, 3.63) is 101 Å². The molecule has 5 amide bonds. The summed E-state index contributed by atoms with van der Waals surface area (Å²) in [6.45, 7) is 15.3. The molecule has 4 rings (SSSR count). The average molecular weight is 787 g/mol. The number of carboxylic acid groups (broad SMARTS) is 1. The molecule has 5 N–H and O–H groups in total. The highest BCUT2D eigenvalue weighted by atomic mass is 16.4. The number of aliphatic hydroxyl groups is 2. The molecule has 0 aliphatic carbocycles. The average Bonchev–Trinajstić information content (AvgIpc) is 3.45. The maximum Gasteiger partial charge on any atom is 0.407 e. The zero-order valence-electron chi connectivity index (χ0n) is 34.9. The monoisotopic (exact) mass is 786 g/mol. The molecule has 3 aromatic rings. The fourth-order valence-corrected chi connectivity index (χ4v) is 7.60. The zero-order chi connectivity index (χ0) is 42.3.